The van der Waals surface area contributed by atoms with Crippen LogP contribution >= 0.6 is 23.4 Å². The van der Waals surface area contributed by atoms with E-state index in [4.69, 9.17) is 31.2 Å². The molecule has 3 aromatic carbocycles. The van der Waals surface area contributed by atoms with Gasteiger partial charge in [0.05, 0.1) is 12.2 Å². The highest BCUT2D eigenvalue weighted by Crippen LogP contribution is 2.40. The number of carbonyl (C=O) groups is 1. The maximum absolute atomic E-state index is 14.0. The fourth-order valence-electron chi connectivity index (χ4n) is 4.89. The highest BCUT2D eigenvalue weighted by Gasteiger charge is 2.35. The number of aromatic nitrogens is 3. The van der Waals surface area contributed by atoms with Gasteiger partial charge in [0.1, 0.15) is 12.6 Å². The predicted octanol–water partition coefficient (Wildman–Crippen LogP) is 7.96. The number of benzene rings is 3. The molecule has 2 heterocycles. The Morgan fingerprint density at radius 1 is 1.05 bits per heavy atom. The van der Waals surface area contributed by atoms with Crippen LogP contribution in [0.15, 0.2) is 77.1 Å². The molecule has 1 atom stereocenters. The Hall–Kier alpha value is -3.95. The van der Waals surface area contributed by atoms with Crippen LogP contribution in [0.25, 0.3) is 0 Å². The Labute approximate surface area is 261 Å². The summed E-state index contributed by atoms with van der Waals surface area (Å²) in [5, 5.41) is 12.6. The zero-order valence-electron chi connectivity index (χ0n) is 25.0. The van der Waals surface area contributed by atoms with E-state index in [1.54, 1.807) is 16.4 Å². The smallest absolute Gasteiger partial charge is 0.255 e. The van der Waals surface area contributed by atoms with Crippen molar-refractivity contribution in [2.45, 2.75) is 58.8 Å². The number of hydrogen-bond donors (Lipinski definition) is 2. The van der Waals surface area contributed by atoms with Crippen LogP contribution in [0.3, 0.4) is 0 Å². The minimum atomic E-state index is -0.547. The Morgan fingerprint density at radius 2 is 1.84 bits per heavy atom. The summed E-state index contributed by atoms with van der Waals surface area (Å²) < 4.78 is 14.0. The van der Waals surface area contributed by atoms with Crippen molar-refractivity contribution in [1.82, 2.24) is 14.8 Å². The minimum Gasteiger partial charge on any atom is -0.490 e. The topological polar surface area (TPSA) is 90.3 Å². The van der Waals surface area contributed by atoms with Gasteiger partial charge in [-0.25, -0.2) is 4.68 Å². The second-order valence-corrected chi connectivity index (χ2v) is 11.8. The molecule has 0 radical (unpaired) electrons. The molecule has 0 saturated carbocycles. The van der Waals surface area contributed by atoms with Gasteiger partial charge < -0.3 is 20.1 Å². The van der Waals surface area contributed by atoms with E-state index in [0.29, 0.717) is 52.1 Å². The van der Waals surface area contributed by atoms with Gasteiger partial charge in [-0.15, -0.1) is 5.10 Å². The molecule has 4 aromatic rings. The van der Waals surface area contributed by atoms with Crippen molar-refractivity contribution in [2.24, 2.45) is 0 Å². The van der Waals surface area contributed by atoms with Crippen LogP contribution in [0.5, 0.6) is 11.5 Å². The van der Waals surface area contributed by atoms with Gasteiger partial charge in [0, 0.05) is 22.2 Å². The number of fused-ring (bicyclic) bond motifs is 1. The van der Waals surface area contributed by atoms with Crippen molar-refractivity contribution in [1.29, 1.82) is 0 Å². The van der Waals surface area contributed by atoms with E-state index in [0.717, 1.165) is 40.1 Å². The summed E-state index contributed by atoms with van der Waals surface area (Å²) in [6.07, 6.45) is 1.00. The third-order valence-electron chi connectivity index (χ3n) is 7.26. The van der Waals surface area contributed by atoms with Crippen LogP contribution in [-0.4, -0.2) is 33.0 Å². The van der Waals surface area contributed by atoms with Crippen molar-refractivity contribution in [3.63, 3.8) is 0 Å². The van der Waals surface area contributed by atoms with Crippen LogP contribution in [0.2, 0.25) is 5.02 Å². The van der Waals surface area contributed by atoms with E-state index in [1.165, 1.54) is 0 Å². The number of allylic oxidation sites excluding steroid dienone is 1. The average Bonchev–Trinajstić information content (AvgIpc) is 3.40. The summed E-state index contributed by atoms with van der Waals surface area (Å²) >= 11 is 7.63. The summed E-state index contributed by atoms with van der Waals surface area (Å²) in [5.41, 5.74) is 5.97. The van der Waals surface area contributed by atoms with Gasteiger partial charge in [-0.1, -0.05) is 60.6 Å². The van der Waals surface area contributed by atoms with E-state index in [2.05, 4.69) is 17.6 Å². The number of halogens is 1. The average molecular weight is 618 g/mol. The summed E-state index contributed by atoms with van der Waals surface area (Å²) in [4.78, 5) is 18.8. The second kappa shape index (κ2) is 13.6. The van der Waals surface area contributed by atoms with Crippen molar-refractivity contribution >= 4 is 40.9 Å². The summed E-state index contributed by atoms with van der Waals surface area (Å²) in [7, 11) is 0. The van der Waals surface area contributed by atoms with Crippen LogP contribution in [0.4, 0.5) is 11.6 Å². The van der Waals surface area contributed by atoms with Crippen molar-refractivity contribution in [2.75, 3.05) is 23.0 Å². The first-order chi connectivity index (χ1) is 20.8. The Morgan fingerprint density at radius 3 is 2.58 bits per heavy atom. The molecule has 5 rings (SSSR count). The second-order valence-electron chi connectivity index (χ2n) is 10.3. The molecule has 43 heavy (non-hydrogen) atoms. The van der Waals surface area contributed by atoms with E-state index in [-0.39, 0.29) is 5.91 Å². The summed E-state index contributed by atoms with van der Waals surface area (Å²) in [6, 6.07) is 18.7. The molecule has 2 N–H and O–H groups in total. The molecule has 0 bridgehead atoms. The lowest BCUT2D eigenvalue weighted by Gasteiger charge is -2.29. The van der Waals surface area contributed by atoms with E-state index < -0.39 is 6.04 Å². The number of hydrogen-bond acceptors (Lipinski definition) is 7. The molecule has 0 fully saturated rings. The Kier molecular flexibility index (Phi) is 9.62. The molecule has 0 saturated heterocycles. The summed E-state index contributed by atoms with van der Waals surface area (Å²) in [5.74, 6) is 2.46. The van der Waals surface area contributed by atoms with E-state index >= 15 is 0 Å². The molecular weight excluding hydrogens is 582 g/mol. The third-order valence-corrected chi connectivity index (χ3v) is 8.55. The number of rotatable bonds is 11. The highest BCUT2D eigenvalue weighted by atomic mass is 35.5. The van der Waals surface area contributed by atoms with Gasteiger partial charge in [-0.2, -0.15) is 4.98 Å². The van der Waals surface area contributed by atoms with E-state index in [9.17, 15) is 4.79 Å². The lowest BCUT2D eigenvalue weighted by Crippen LogP contribution is -2.31. The van der Waals surface area contributed by atoms with Gasteiger partial charge in [0.25, 0.3) is 5.91 Å². The molecule has 0 aliphatic carbocycles. The molecule has 1 amide bonds. The molecular formula is C33H36ClN5O3S. The molecule has 224 valence electrons. The van der Waals surface area contributed by atoms with Gasteiger partial charge in [-0.3, -0.25) is 4.79 Å². The fraction of sp³-hybridized carbons (Fsp3) is 0.303. The number of nitrogens with one attached hydrogen (secondary N) is 2. The number of thioether (sulfide) groups is 1. The third kappa shape index (κ3) is 6.84. The van der Waals surface area contributed by atoms with Gasteiger partial charge in [0.15, 0.2) is 11.5 Å². The molecule has 1 unspecified atom stereocenters. The number of nitrogens with zero attached hydrogens (tertiary/aromatic N) is 3. The number of aryl methyl sites for hydroxylation is 1. The van der Waals surface area contributed by atoms with Gasteiger partial charge >= 0.3 is 0 Å². The predicted molar refractivity (Wildman–Crippen MR) is 173 cm³/mol. The molecule has 1 aliphatic rings. The number of carbonyl (C=O) groups excluding carboxylic acids is 1. The normalized spacial score (nSPS) is 14.2. The number of anilines is 2. The quantitative estimate of drug-likeness (QED) is 0.165. The highest BCUT2D eigenvalue weighted by molar-refractivity contribution is 7.99. The molecule has 1 aromatic heterocycles. The Balaban J connectivity index is 1.53. The first-order valence-electron chi connectivity index (χ1n) is 14.4. The summed E-state index contributed by atoms with van der Waals surface area (Å²) in [6.45, 7) is 10.8. The van der Waals surface area contributed by atoms with Crippen molar-refractivity contribution in [3.05, 3.63) is 99.2 Å². The Bertz CT molecular complexity index is 1650. The van der Waals surface area contributed by atoms with Crippen LogP contribution < -0.4 is 20.1 Å². The largest absolute Gasteiger partial charge is 0.490 e. The first-order valence-corrected chi connectivity index (χ1v) is 15.7. The van der Waals surface area contributed by atoms with E-state index in [1.807, 2.05) is 88.4 Å². The maximum Gasteiger partial charge on any atom is 0.255 e. The van der Waals surface area contributed by atoms with Gasteiger partial charge in [0.2, 0.25) is 11.1 Å². The lowest BCUT2D eigenvalue weighted by molar-refractivity contribution is -0.113. The first kappa shape index (κ1) is 30.5. The van der Waals surface area contributed by atoms with Gasteiger partial charge in [-0.05, 0) is 86.7 Å². The number of ether oxygens (including phenoxy) is 2. The zero-order chi connectivity index (χ0) is 30.5. The molecule has 10 heteroatoms. The minimum absolute atomic E-state index is 0.214. The molecule has 8 nitrogen and oxygen atoms in total. The molecule has 1 aliphatic heterocycles. The number of amides is 1. The fourth-order valence-corrected chi connectivity index (χ4v) is 5.70. The molecule has 0 spiro atoms. The van der Waals surface area contributed by atoms with Crippen molar-refractivity contribution in [3.8, 4) is 11.5 Å². The van der Waals surface area contributed by atoms with Crippen molar-refractivity contribution < 1.29 is 14.3 Å². The standard InChI is InChI=1S/C33H36ClN5O3S/c1-6-17-43-33-37-32-35-22(5)29(31(40)36-26-10-8-9-20(3)21(26)4)30(39(32)38-33)24-13-16-27(28(18-24)41-7-2)42-19-23-11-14-25(34)15-12-23/h8-16,18,30H,6-7,17,19H2,1-5H3,(H,36,40)(H,35,37,38). The van der Waals surface area contributed by atoms with Crippen LogP contribution in [-0.2, 0) is 11.4 Å². The monoisotopic (exact) mass is 617 g/mol. The zero-order valence-corrected chi connectivity index (χ0v) is 26.6. The maximum atomic E-state index is 14.0. The SMILES string of the molecule is CCCSc1nc2n(n1)C(c1ccc(OCc3ccc(Cl)cc3)c(OCC)c1)C(C(=O)Nc1cccc(C)c1C)=C(C)N2. The lowest BCUT2D eigenvalue weighted by atomic mass is 9.94. The van der Waals surface area contributed by atoms with Crippen LogP contribution in [0.1, 0.15) is 55.5 Å². The van der Waals surface area contributed by atoms with Crippen LogP contribution in [0, 0.1) is 13.8 Å².